The van der Waals surface area contributed by atoms with Gasteiger partial charge in [-0.25, -0.2) is 10.3 Å². The topological polar surface area (TPSA) is 54.6 Å². The second-order valence-electron chi connectivity index (χ2n) is 3.18. The van der Waals surface area contributed by atoms with Crippen LogP contribution in [0, 0.1) is 0 Å². The van der Waals surface area contributed by atoms with Crippen molar-refractivity contribution in [3.05, 3.63) is 0 Å². The molecule has 0 unspecified atom stereocenters. The second kappa shape index (κ2) is 8.40. The van der Waals surface area contributed by atoms with Gasteiger partial charge in [0.15, 0.2) is 0 Å². The first-order valence-electron chi connectivity index (χ1n) is 5.01. The van der Waals surface area contributed by atoms with Crippen LogP contribution in [0.4, 0.5) is 0 Å². The van der Waals surface area contributed by atoms with Crippen molar-refractivity contribution in [2.75, 3.05) is 13.2 Å². The zero-order valence-electron chi connectivity index (χ0n) is 7.97. The van der Waals surface area contributed by atoms with Crippen LogP contribution in [-0.2, 0) is 9.88 Å². The molecule has 0 bridgehead atoms. The molecule has 13 heavy (non-hydrogen) atoms. The van der Waals surface area contributed by atoms with Gasteiger partial charge in [-0.15, -0.1) is 4.99 Å². The van der Waals surface area contributed by atoms with E-state index in [1.807, 2.05) is 0 Å². The van der Waals surface area contributed by atoms with Crippen molar-refractivity contribution in [1.29, 1.82) is 0 Å². The fourth-order valence-electron chi connectivity index (χ4n) is 1.27. The zero-order valence-corrected chi connectivity index (χ0v) is 7.97. The lowest BCUT2D eigenvalue weighted by Crippen LogP contribution is -2.43. The van der Waals surface area contributed by atoms with Gasteiger partial charge in [-0.1, -0.05) is 31.3 Å². The van der Waals surface area contributed by atoms with E-state index in [4.69, 9.17) is 4.89 Å². The Morgan fingerprint density at radius 3 is 2.54 bits per heavy atom. The first-order chi connectivity index (χ1) is 6.50. The van der Waals surface area contributed by atoms with Gasteiger partial charge in [0.05, 0.1) is 6.61 Å². The molecule has 0 aromatic rings. The van der Waals surface area contributed by atoms with Crippen LogP contribution in [0.2, 0.25) is 0 Å². The molecule has 1 fully saturated rings. The van der Waals surface area contributed by atoms with Crippen LogP contribution in [0.25, 0.3) is 0 Å². The number of rotatable bonds is 0. The maximum absolute atomic E-state index is 4.83. The summed E-state index contributed by atoms with van der Waals surface area (Å²) in [6.45, 7) is 1.59. The third-order valence-electron chi connectivity index (χ3n) is 2.02. The molecule has 1 aliphatic heterocycles. The molecule has 0 spiro atoms. The molecule has 5 heteroatoms. The van der Waals surface area contributed by atoms with Gasteiger partial charge in [-0.05, 0) is 12.8 Å². The van der Waals surface area contributed by atoms with Crippen molar-refractivity contribution in [3.63, 3.8) is 0 Å². The minimum Gasteiger partial charge on any atom is -0.242 e. The molecule has 0 aromatic carbocycles. The molecule has 0 saturated carbocycles. The second-order valence-corrected chi connectivity index (χ2v) is 3.18. The average molecular weight is 189 g/mol. The highest BCUT2D eigenvalue weighted by atomic mass is 17.3. The molecular weight excluding hydrogens is 170 g/mol. The molecule has 3 N–H and O–H groups in total. The molecule has 78 valence electrons. The van der Waals surface area contributed by atoms with E-state index in [1.165, 1.54) is 32.1 Å². The number of nitrogens with one attached hydrogen (secondary N) is 3. The summed E-state index contributed by atoms with van der Waals surface area (Å²) in [5.41, 5.74) is 8.07. The number of hydrazine groups is 2. The Bertz CT molecular complexity index is 65.5. The van der Waals surface area contributed by atoms with E-state index in [0.29, 0.717) is 6.61 Å². The summed E-state index contributed by atoms with van der Waals surface area (Å²) in [7, 11) is 0. The van der Waals surface area contributed by atoms with Gasteiger partial charge in [0, 0.05) is 6.54 Å². The molecule has 1 rings (SSSR count). The average Bonchev–Trinajstić information content (AvgIpc) is 2.18. The van der Waals surface area contributed by atoms with Gasteiger partial charge in [0.2, 0.25) is 0 Å². The summed E-state index contributed by atoms with van der Waals surface area (Å²) in [6, 6.07) is 0. The van der Waals surface area contributed by atoms with Crippen molar-refractivity contribution in [3.8, 4) is 0 Å². The number of hydrogen-bond acceptors (Lipinski definition) is 5. The Morgan fingerprint density at radius 1 is 0.846 bits per heavy atom. The van der Waals surface area contributed by atoms with Gasteiger partial charge < -0.3 is 0 Å². The van der Waals surface area contributed by atoms with E-state index in [-0.39, 0.29) is 0 Å². The standard InChI is InChI=1S/C8H19N3O2/c1-2-4-6-8-12-13-11-10-9-7-5-3-1/h9-11H,1-8H2. The van der Waals surface area contributed by atoms with Crippen LogP contribution in [-0.4, -0.2) is 13.2 Å². The SMILES string of the molecule is C1CCCCOONNNCCC1. The summed E-state index contributed by atoms with van der Waals surface area (Å²) < 4.78 is 0. The first-order valence-corrected chi connectivity index (χ1v) is 5.01. The van der Waals surface area contributed by atoms with Crippen LogP contribution in [0.1, 0.15) is 38.5 Å². The van der Waals surface area contributed by atoms with Crippen molar-refractivity contribution in [1.82, 2.24) is 16.5 Å². The normalized spacial score (nSPS) is 24.0. The molecule has 0 atom stereocenters. The lowest BCUT2D eigenvalue weighted by Gasteiger charge is -2.06. The minimum absolute atomic E-state index is 0.648. The van der Waals surface area contributed by atoms with Crippen LogP contribution in [0.15, 0.2) is 0 Å². The Labute approximate surface area is 79.0 Å². The van der Waals surface area contributed by atoms with E-state index in [9.17, 15) is 0 Å². The summed E-state index contributed by atoms with van der Waals surface area (Å²) in [5, 5.41) is 0. The third-order valence-corrected chi connectivity index (χ3v) is 2.02. The summed E-state index contributed by atoms with van der Waals surface area (Å²) in [4.78, 5) is 9.46. The van der Waals surface area contributed by atoms with E-state index >= 15 is 0 Å². The van der Waals surface area contributed by atoms with Gasteiger partial charge >= 0.3 is 0 Å². The minimum atomic E-state index is 0.648. The fourth-order valence-corrected chi connectivity index (χ4v) is 1.27. The van der Waals surface area contributed by atoms with E-state index in [2.05, 4.69) is 21.5 Å². The first kappa shape index (κ1) is 10.9. The molecule has 1 saturated heterocycles. The fraction of sp³-hybridized carbons (Fsp3) is 1.00. The maximum Gasteiger partial charge on any atom is 0.0842 e. The highest BCUT2D eigenvalue weighted by Crippen LogP contribution is 2.04. The molecule has 1 heterocycles. The highest BCUT2D eigenvalue weighted by molar-refractivity contribution is 4.46. The van der Waals surface area contributed by atoms with E-state index < -0.39 is 0 Å². The van der Waals surface area contributed by atoms with E-state index in [0.717, 1.165) is 13.0 Å². The van der Waals surface area contributed by atoms with Crippen molar-refractivity contribution >= 4 is 0 Å². The summed E-state index contributed by atoms with van der Waals surface area (Å²) in [6.07, 6.45) is 7.38. The molecule has 0 radical (unpaired) electrons. The summed E-state index contributed by atoms with van der Waals surface area (Å²) in [5.74, 6) is 0. The predicted octanol–water partition coefficient (Wildman–Crippen LogP) is 0.803. The third kappa shape index (κ3) is 6.92. The Kier molecular flexibility index (Phi) is 7.03. The van der Waals surface area contributed by atoms with Crippen molar-refractivity contribution in [2.45, 2.75) is 38.5 Å². The largest absolute Gasteiger partial charge is 0.242 e. The van der Waals surface area contributed by atoms with Gasteiger partial charge in [-0.2, -0.15) is 5.53 Å². The molecule has 0 aromatic heterocycles. The maximum atomic E-state index is 4.83. The van der Waals surface area contributed by atoms with Crippen molar-refractivity contribution < 1.29 is 9.88 Å². The van der Waals surface area contributed by atoms with Gasteiger partial charge in [0.1, 0.15) is 0 Å². The molecule has 0 amide bonds. The smallest absolute Gasteiger partial charge is 0.0842 e. The van der Waals surface area contributed by atoms with Crippen LogP contribution < -0.4 is 16.5 Å². The monoisotopic (exact) mass is 189 g/mol. The van der Waals surface area contributed by atoms with E-state index in [1.54, 1.807) is 0 Å². The zero-order chi connectivity index (χ0) is 9.19. The van der Waals surface area contributed by atoms with Crippen molar-refractivity contribution in [2.24, 2.45) is 0 Å². The Morgan fingerprint density at radius 2 is 1.62 bits per heavy atom. The highest BCUT2D eigenvalue weighted by Gasteiger charge is 1.94. The number of hydrogen-bond donors (Lipinski definition) is 3. The van der Waals surface area contributed by atoms with Gasteiger partial charge in [-0.3, -0.25) is 0 Å². The lowest BCUT2D eigenvalue weighted by atomic mass is 10.1. The molecule has 0 aliphatic carbocycles. The molecular formula is C8H19N3O2. The van der Waals surface area contributed by atoms with Gasteiger partial charge in [0.25, 0.3) is 0 Å². The predicted molar refractivity (Wildman–Crippen MR) is 49.0 cm³/mol. The van der Waals surface area contributed by atoms with Crippen LogP contribution in [0.3, 0.4) is 0 Å². The van der Waals surface area contributed by atoms with Crippen LogP contribution >= 0.6 is 0 Å². The quantitative estimate of drug-likeness (QED) is 0.492. The Hall–Kier alpha value is -0.200. The van der Waals surface area contributed by atoms with Crippen LogP contribution in [0.5, 0.6) is 0 Å². The molecule has 1 aliphatic rings. The Balaban J connectivity index is 2.01. The summed E-state index contributed by atoms with van der Waals surface area (Å²) >= 11 is 0. The molecule has 5 nitrogen and oxygen atoms in total. The lowest BCUT2D eigenvalue weighted by molar-refractivity contribution is -0.348.